The Hall–Kier alpha value is -0.130. The largest absolute Gasteiger partial charge is 0.380 e. The first-order chi connectivity index (χ1) is 6.86. The van der Waals surface area contributed by atoms with Gasteiger partial charge in [0, 0.05) is 13.2 Å². The maximum atomic E-state index is 11.3. The van der Waals surface area contributed by atoms with Crippen molar-refractivity contribution in [3.8, 4) is 0 Å². The van der Waals surface area contributed by atoms with E-state index in [1.54, 1.807) is 13.8 Å². The van der Waals surface area contributed by atoms with E-state index in [0.29, 0.717) is 25.7 Å². The molecule has 0 fully saturated rings. The predicted octanol–water partition coefficient (Wildman–Crippen LogP) is 1.38. The van der Waals surface area contributed by atoms with E-state index in [-0.39, 0.29) is 5.25 Å². The van der Waals surface area contributed by atoms with Crippen LogP contribution in [0.25, 0.3) is 0 Å². The van der Waals surface area contributed by atoms with Crippen LogP contribution in [0.2, 0.25) is 0 Å². The highest BCUT2D eigenvalue weighted by Crippen LogP contribution is 1.98. The molecule has 0 aliphatic rings. The first-order valence-corrected chi connectivity index (χ1v) is 6.97. The van der Waals surface area contributed by atoms with Gasteiger partial charge >= 0.3 is 0 Å². The van der Waals surface area contributed by atoms with Gasteiger partial charge in [0.05, 0.1) is 11.9 Å². The summed E-state index contributed by atoms with van der Waals surface area (Å²) >= 11 is 0. The van der Waals surface area contributed by atoms with E-state index in [1.807, 2.05) is 0 Å². The molecular weight excluding hydrogens is 214 g/mol. The SMILES string of the molecule is CC(C)CCOCCNS(=O)(=O)C(C)C. The van der Waals surface area contributed by atoms with E-state index < -0.39 is 10.0 Å². The number of rotatable bonds is 8. The summed E-state index contributed by atoms with van der Waals surface area (Å²) in [4.78, 5) is 0. The minimum Gasteiger partial charge on any atom is -0.380 e. The van der Waals surface area contributed by atoms with Crippen molar-refractivity contribution in [1.29, 1.82) is 0 Å². The molecule has 0 amide bonds. The van der Waals surface area contributed by atoms with Crippen molar-refractivity contribution in [2.24, 2.45) is 5.92 Å². The second kappa shape index (κ2) is 7.19. The van der Waals surface area contributed by atoms with Crippen molar-refractivity contribution in [3.05, 3.63) is 0 Å². The van der Waals surface area contributed by atoms with Gasteiger partial charge in [-0.3, -0.25) is 0 Å². The molecule has 0 rings (SSSR count). The van der Waals surface area contributed by atoms with Crippen LogP contribution in [-0.2, 0) is 14.8 Å². The summed E-state index contributed by atoms with van der Waals surface area (Å²) in [5.74, 6) is 0.623. The summed E-state index contributed by atoms with van der Waals surface area (Å²) in [6.07, 6.45) is 1.01. The van der Waals surface area contributed by atoms with Gasteiger partial charge < -0.3 is 4.74 Å². The molecule has 0 aromatic heterocycles. The summed E-state index contributed by atoms with van der Waals surface area (Å²) in [7, 11) is -3.13. The maximum absolute atomic E-state index is 11.3. The van der Waals surface area contributed by atoms with Crippen LogP contribution in [-0.4, -0.2) is 33.4 Å². The third-order valence-electron chi connectivity index (χ3n) is 2.01. The predicted molar refractivity (Wildman–Crippen MR) is 62.3 cm³/mol. The van der Waals surface area contributed by atoms with Crippen molar-refractivity contribution in [3.63, 3.8) is 0 Å². The Labute approximate surface area is 93.4 Å². The molecule has 4 nitrogen and oxygen atoms in total. The molecule has 0 radical (unpaired) electrons. The number of hydrogen-bond donors (Lipinski definition) is 1. The molecule has 92 valence electrons. The maximum Gasteiger partial charge on any atom is 0.214 e. The van der Waals surface area contributed by atoms with Crippen molar-refractivity contribution >= 4 is 10.0 Å². The molecule has 0 aromatic rings. The highest BCUT2D eigenvalue weighted by Gasteiger charge is 2.13. The molecule has 0 heterocycles. The van der Waals surface area contributed by atoms with Crippen molar-refractivity contribution in [2.45, 2.75) is 39.4 Å². The van der Waals surface area contributed by atoms with Gasteiger partial charge in [0.1, 0.15) is 0 Å². The zero-order chi connectivity index (χ0) is 11.9. The molecule has 0 spiro atoms. The lowest BCUT2D eigenvalue weighted by Gasteiger charge is -2.10. The third kappa shape index (κ3) is 7.76. The average Bonchev–Trinajstić information content (AvgIpc) is 2.10. The second-order valence-corrected chi connectivity index (χ2v) is 6.60. The molecule has 1 N–H and O–H groups in total. The molecule has 0 bridgehead atoms. The summed E-state index contributed by atoms with van der Waals surface area (Å²) in [6.45, 7) is 9.07. The van der Waals surface area contributed by atoms with Crippen LogP contribution < -0.4 is 4.72 Å². The number of sulfonamides is 1. The topological polar surface area (TPSA) is 55.4 Å². The summed E-state index contributed by atoms with van der Waals surface area (Å²) in [5, 5.41) is -0.381. The second-order valence-electron chi connectivity index (χ2n) is 4.28. The lowest BCUT2D eigenvalue weighted by Crippen LogP contribution is -2.33. The number of ether oxygens (including phenoxy) is 1. The standard InChI is InChI=1S/C10H23NO3S/c1-9(2)5-7-14-8-6-11-15(12,13)10(3)4/h9-11H,5-8H2,1-4H3. The van der Waals surface area contributed by atoms with E-state index in [4.69, 9.17) is 4.74 Å². The lowest BCUT2D eigenvalue weighted by atomic mass is 10.1. The molecule has 15 heavy (non-hydrogen) atoms. The van der Waals surface area contributed by atoms with E-state index in [2.05, 4.69) is 18.6 Å². The fraction of sp³-hybridized carbons (Fsp3) is 1.00. The van der Waals surface area contributed by atoms with Gasteiger partial charge in [-0.15, -0.1) is 0 Å². The van der Waals surface area contributed by atoms with Crippen molar-refractivity contribution in [1.82, 2.24) is 4.72 Å². The molecule has 5 heteroatoms. The first kappa shape index (κ1) is 14.9. The van der Waals surface area contributed by atoms with Gasteiger partial charge in [0.25, 0.3) is 0 Å². The minimum absolute atomic E-state index is 0.360. The number of nitrogens with one attached hydrogen (secondary N) is 1. The van der Waals surface area contributed by atoms with E-state index in [9.17, 15) is 8.42 Å². The fourth-order valence-corrected chi connectivity index (χ4v) is 1.55. The molecular formula is C10H23NO3S. The lowest BCUT2D eigenvalue weighted by molar-refractivity contribution is 0.128. The van der Waals surface area contributed by atoms with Crippen LogP contribution >= 0.6 is 0 Å². The Bertz CT molecular complexity index is 247. The zero-order valence-electron chi connectivity index (χ0n) is 10.1. The Balaban J connectivity index is 3.47. The minimum atomic E-state index is -3.13. The van der Waals surface area contributed by atoms with Crippen LogP contribution in [0.15, 0.2) is 0 Å². The van der Waals surface area contributed by atoms with Gasteiger partial charge in [-0.1, -0.05) is 13.8 Å². The molecule has 0 aromatic carbocycles. The molecule has 0 aliphatic heterocycles. The van der Waals surface area contributed by atoms with Crippen LogP contribution in [0.5, 0.6) is 0 Å². The van der Waals surface area contributed by atoms with Crippen LogP contribution in [0.3, 0.4) is 0 Å². The molecule has 0 unspecified atom stereocenters. The summed E-state index contributed by atoms with van der Waals surface area (Å²) < 4.78 is 30.4. The fourth-order valence-electron chi connectivity index (χ4n) is 0.844. The van der Waals surface area contributed by atoms with Gasteiger partial charge in [0.15, 0.2) is 0 Å². The summed E-state index contributed by atoms with van der Waals surface area (Å²) in [6, 6.07) is 0. The Morgan fingerprint density at radius 1 is 1.13 bits per heavy atom. The average molecular weight is 237 g/mol. The zero-order valence-corrected chi connectivity index (χ0v) is 10.9. The first-order valence-electron chi connectivity index (χ1n) is 5.42. The monoisotopic (exact) mass is 237 g/mol. The van der Waals surface area contributed by atoms with Gasteiger partial charge in [0.2, 0.25) is 10.0 Å². The quantitative estimate of drug-likeness (QED) is 0.649. The normalized spacial score (nSPS) is 12.7. The van der Waals surface area contributed by atoms with E-state index in [1.165, 1.54) is 0 Å². The van der Waals surface area contributed by atoms with Crippen molar-refractivity contribution in [2.75, 3.05) is 19.8 Å². The highest BCUT2D eigenvalue weighted by molar-refractivity contribution is 7.90. The third-order valence-corrected chi connectivity index (χ3v) is 3.86. The Morgan fingerprint density at radius 3 is 2.20 bits per heavy atom. The van der Waals surface area contributed by atoms with Gasteiger partial charge in [-0.05, 0) is 26.2 Å². The number of hydrogen-bond acceptors (Lipinski definition) is 3. The van der Waals surface area contributed by atoms with E-state index >= 15 is 0 Å². The molecule has 0 aliphatic carbocycles. The highest BCUT2D eigenvalue weighted by atomic mass is 32.2. The van der Waals surface area contributed by atoms with Crippen LogP contribution in [0.1, 0.15) is 34.1 Å². The molecule has 0 atom stereocenters. The smallest absolute Gasteiger partial charge is 0.214 e. The molecule has 0 saturated heterocycles. The van der Waals surface area contributed by atoms with Gasteiger partial charge in [-0.2, -0.15) is 0 Å². The van der Waals surface area contributed by atoms with Gasteiger partial charge in [-0.25, -0.2) is 13.1 Å². The van der Waals surface area contributed by atoms with Crippen LogP contribution in [0, 0.1) is 5.92 Å². The van der Waals surface area contributed by atoms with E-state index in [0.717, 1.165) is 6.42 Å². The van der Waals surface area contributed by atoms with Crippen molar-refractivity contribution < 1.29 is 13.2 Å². The van der Waals surface area contributed by atoms with Crippen LogP contribution in [0.4, 0.5) is 0 Å². The Kier molecular flexibility index (Phi) is 7.13. The summed E-state index contributed by atoms with van der Waals surface area (Å²) in [5.41, 5.74) is 0. The molecule has 0 saturated carbocycles. The Morgan fingerprint density at radius 2 is 1.73 bits per heavy atom.